The summed E-state index contributed by atoms with van der Waals surface area (Å²) >= 11 is 0. The largest absolute Gasteiger partial charge is 0.338 e. The molecule has 24 heavy (non-hydrogen) atoms. The number of imide groups is 1. The summed E-state index contributed by atoms with van der Waals surface area (Å²) in [6.45, 7) is 1.32. The van der Waals surface area contributed by atoms with Crippen LogP contribution >= 0.6 is 0 Å². The highest BCUT2D eigenvalue weighted by Gasteiger charge is 2.43. The van der Waals surface area contributed by atoms with Crippen LogP contribution in [0.15, 0.2) is 24.3 Å². The number of hydrogen-bond acceptors (Lipinski definition) is 5. The molecular formula is C18H20N2O4. The zero-order chi connectivity index (χ0) is 16.7. The van der Waals surface area contributed by atoms with Crippen LogP contribution in [-0.2, 0) is 9.63 Å². The van der Waals surface area contributed by atoms with Crippen molar-refractivity contribution in [3.63, 3.8) is 0 Å². The average Bonchev–Trinajstić information content (AvgIpc) is 2.80. The predicted octanol–water partition coefficient (Wildman–Crippen LogP) is 2.01. The molecule has 1 saturated carbocycles. The van der Waals surface area contributed by atoms with Crippen molar-refractivity contribution in [3.8, 4) is 0 Å². The lowest BCUT2D eigenvalue weighted by Gasteiger charge is -2.44. The molecule has 0 spiro atoms. The molecule has 0 unspecified atom stereocenters. The Labute approximate surface area is 140 Å². The van der Waals surface area contributed by atoms with Crippen molar-refractivity contribution < 1.29 is 19.2 Å². The fourth-order valence-corrected chi connectivity index (χ4v) is 3.82. The highest BCUT2D eigenvalue weighted by molar-refractivity contribution is 6.20. The fraction of sp³-hybridized carbons (Fsp3) is 0.500. The molecule has 3 aliphatic rings. The van der Waals surface area contributed by atoms with E-state index in [1.54, 1.807) is 24.3 Å². The van der Waals surface area contributed by atoms with Crippen molar-refractivity contribution in [2.45, 2.75) is 38.1 Å². The Hall–Kier alpha value is -2.21. The van der Waals surface area contributed by atoms with Gasteiger partial charge < -0.3 is 4.84 Å². The van der Waals surface area contributed by atoms with Gasteiger partial charge in [0.05, 0.1) is 17.0 Å². The smallest absolute Gasteiger partial charge is 0.329 e. The van der Waals surface area contributed by atoms with Crippen LogP contribution in [0, 0.1) is 5.92 Å². The maximum Gasteiger partial charge on any atom is 0.338 e. The Balaban J connectivity index is 1.35. The zero-order valence-electron chi connectivity index (χ0n) is 13.4. The Morgan fingerprint density at radius 3 is 2.12 bits per heavy atom. The van der Waals surface area contributed by atoms with Gasteiger partial charge in [-0.05, 0) is 25.0 Å². The molecule has 2 fully saturated rings. The van der Waals surface area contributed by atoms with Gasteiger partial charge in [0.15, 0.2) is 0 Å². The van der Waals surface area contributed by atoms with Crippen molar-refractivity contribution in [2.24, 2.45) is 5.92 Å². The number of carbonyl (C=O) groups excluding carboxylic acids is 3. The van der Waals surface area contributed by atoms with Gasteiger partial charge in [-0.25, -0.2) is 4.79 Å². The Morgan fingerprint density at radius 1 is 0.958 bits per heavy atom. The molecule has 1 saturated heterocycles. The zero-order valence-corrected chi connectivity index (χ0v) is 13.4. The molecule has 1 aromatic rings. The van der Waals surface area contributed by atoms with E-state index in [2.05, 4.69) is 4.90 Å². The summed E-state index contributed by atoms with van der Waals surface area (Å²) in [6.07, 6.45) is 6.20. The molecule has 1 aliphatic carbocycles. The first-order chi connectivity index (χ1) is 11.6. The third kappa shape index (κ3) is 2.51. The molecule has 1 aromatic carbocycles. The molecule has 6 nitrogen and oxygen atoms in total. The summed E-state index contributed by atoms with van der Waals surface area (Å²) in [4.78, 5) is 44.1. The molecule has 0 N–H and O–H groups in total. The molecule has 2 aliphatic heterocycles. The number of hydroxylamine groups is 2. The van der Waals surface area contributed by atoms with Gasteiger partial charge in [-0.1, -0.05) is 36.5 Å². The number of benzene rings is 1. The van der Waals surface area contributed by atoms with E-state index in [1.165, 1.54) is 32.1 Å². The number of amides is 2. The Morgan fingerprint density at radius 2 is 1.54 bits per heavy atom. The third-order valence-corrected chi connectivity index (χ3v) is 5.27. The molecule has 0 radical (unpaired) electrons. The minimum absolute atomic E-state index is 0.253. The molecule has 0 bridgehead atoms. The lowest BCUT2D eigenvalue weighted by atomic mass is 9.89. The van der Waals surface area contributed by atoms with E-state index >= 15 is 0 Å². The summed E-state index contributed by atoms with van der Waals surface area (Å²) in [5.41, 5.74) is 0.570. The standard InChI is InChI=1S/C18H20N2O4/c21-16-14-8-4-5-9-15(14)17(22)20(16)24-18(23)12-10-19(11-12)13-6-2-1-3-7-13/h4-5,8-9,12-13H,1-3,6-7,10-11H2. The molecule has 0 atom stereocenters. The van der Waals surface area contributed by atoms with Gasteiger partial charge >= 0.3 is 5.97 Å². The molecule has 126 valence electrons. The average molecular weight is 328 g/mol. The van der Waals surface area contributed by atoms with Gasteiger partial charge in [-0.3, -0.25) is 14.5 Å². The van der Waals surface area contributed by atoms with Crippen LogP contribution in [0.4, 0.5) is 0 Å². The van der Waals surface area contributed by atoms with Gasteiger partial charge in [0.25, 0.3) is 11.8 Å². The number of nitrogens with zero attached hydrogens (tertiary/aromatic N) is 2. The Bertz CT molecular complexity index is 655. The summed E-state index contributed by atoms with van der Waals surface area (Å²) in [6, 6.07) is 7.07. The topological polar surface area (TPSA) is 66.9 Å². The fourth-order valence-electron chi connectivity index (χ4n) is 3.82. The number of fused-ring (bicyclic) bond motifs is 1. The highest BCUT2D eigenvalue weighted by Crippen LogP contribution is 2.30. The van der Waals surface area contributed by atoms with Crippen molar-refractivity contribution >= 4 is 17.8 Å². The highest BCUT2D eigenvalue weighted by atomic mass is 16.7. The van der Waals surface area contributed by atoms with Crippen molar-refractivity contribution in [1.82, 2.24) is 9.96 Å². The normalized spacial score (nSPS) is 22.4. The lowest BCUT2D eigenvalue weighted by molar-refractivity contribution is -0.180. The number of likely N-dealkylation sites (tertiary alicyclic amines) is 1. The van der Waals surface area contributed by atoms with E-state index in [9.17, 15) is 14.4 Å². The molecule has 2 amide bonds. The van der Waals surface area contributed by atoms with Crippen LogP contribution in [0.5, 0.6) is 0 Å². The summed E-state index contributed by atoms with van der Waals surface area (Å²) < 4.78 is 0. The van der Waals surface area contributed by atoms with E-state index in [0.29, 0.717) is 24.2 Å². The second-order valence-electron chi connectivity index (χ2n) is 6.80. The second-order valence-corrected chi connectivity index (χ2v) is 6.80. The van der Waals surface area contributed by atoms with Crippen LogP contribution < -0.4 is 0 Å². The Kier molecular flexibility index (Phi) is 3.84. The van der Waals surface area contributed by atoms with Gasteiger partial charge in [0.1, 0.15) is 0 Å². The SMILES string of the molecule is O=C(ON1C(=O)c2ccccc2C1=O)C1CN(C2CCCCC2)C1. The van der Waals surface area contributed by atoms with E-state index in [0.717, 1.165) is 0 Å². The quantitative estimate of drug-likeness (QED) is 0.794. The number of hydrogen-bond donors (Lipinski definition) is 0. The van der Waals surface area contributed by atoms with Crippen LogP contribution in [0.2, 0.25) is 0 Å². The van der Waals surface area contributed by atoms with Crippen molar-refractivity contribution in [3.05, 3.63) is 35.4 Å². The van der Waals surface area contributed by atoms with E-state index in [-0.39, 0.29) is 17.0 Å². The summed E-state index contributed by atoms with van der Waals surface area (Å²) in [5, 5.41) is 0.607. The first-order valence-electron chi connectivity index (χ1n) is 8.59. The minimum Gasteiger partial charge on any atom is -0.329 e. The van der Waals surface area contributed by atoms with Crippen LogP contribution in [0.3, 0.4) is 0 Å². The first-order valence-corrected chi connectivity index (χ1v) is 8.59. The van der Waals surface area contributed by atoms with Crippen molar-refractivity contribution in [1.29, 1.82) is 0 Å². The summed E-state index contributed by atoms with van der Waals surface area (Å²) in [5.74, 6) is -1.87. The van der Waals surface area contributed by atoms with E-state index in [1.807, 2.05) is 0 Å². The van der Waals surface area contributed by atoms with Crippen LogP contribution in [-0.4, -0.2) is 46.9 Å². The van der Waals surface area contributed by atoms with Gasteiger partial charge in [-0.15, -0.1) is 0 Å². The van der Waals surface area contributed by atoms with Crippen LogP contribution in [0.25, 0.3) is 0 Å². The second kappa shape index (κ2) is 6.02. The lowest BCUT2D eigenvalue weighted by Crippen LogP contribution is -2.56. The molecular weight excluding hydrogens is 308 g/mol. The monoisotopic (exact) mass is 328 g/mol. The predicted molar refractivity (Wildman–Crippen MR) is 85.0 cm³/mol. The van der Waals surface area contributed by atoms with Gasteiger partial charge in [0, 0.05) is 19.1 Å². The third-order valence-electron chi connectivity index (χ3n) is 5.27. The van der Waals surface area contributed by atoms with Crippen LogP contribution in [0.1, 0.15) is 52.8 Å². The molecule has 2 heterocycles. The first kappa shape index (κ1) is 15.3. The molecule has 6 heteroatoms. The van der Waals surface area contributed by atoms with E-state index in [4.69, 9.17) is 4.84 Å². The minimum atomic E-state index is -0.563. The number of rotatable bonds is 3. The van der Waals surface area contributed by atoms with Gasteiger partial charge in [-0.2, -0.15) is 0 Å². The number of carbonyl (C=O) groups is 3. The summed E-state index contributed by atoms with van der Waals surface area (Å²) in [7, 11) is 0. The van der Waals surface area contributed by atoms with Crippen molar-refractivity contribution in [2.75, 3.05) is 13.1 Å². The molecule has 0 aromatic heterocycles. The maximum absolute atomic E-state index is 12.3. The molecule has 4 rings (SSSR count). The van der Waals surface area contributed by atoms with E-state index < -0.39 is 17.8 Å². The maximum atomic E-state index is 12.3. The van der Waals surface area contributed by atoms with Gasteiger partial charge in [0.2, 0.25) is 0 Å².